The van der Waals surface area contributed by atoms with E-state index in [4.69, 9.17) is 17.3 Å². The highest BCUT2D eigenvalue weighted by Gasteiger charge is 2.33. The molecule has 33 heavy (non-hydrogen) atoms. The Bertz CT molecular complexity index is 1280. The molecule has 10 heteroatoms. The Morgan fingerprint density at radius 1 is 1.09 bits per heavy atom. The van der Waals surface area contributed by atoms with E-state index in [9.17, 15) is 17.2 Å². The molecule has 3 aromatic rings. The van der Waals surface area contributed by atoms with Gasteiger partial charge in [-0.25, -0.2) is 21.9 Å². The monoisotopic (exact) mass is 492 g/mol. The van der Waals surface area contributed by atoms with Gasteiger partial charge in [0, 0.05) is 18.2 Å². The molecule has 4 rings (SSSR count). The summed E-state index contributed by atoms with van der Waals surface area (Å²) in [5, 5.41) is 4.73. The third-order valence-corrected chi connectivity index (χ3v) is 7.81. The highest BCUT2D eigenvalue weighted by atomic mass is 32.2. The lowest BCUT2D eigenvalue weighted by atomic mass is 10.1. The van der Waals surface area contributed by atoms with Crippen molar-refractivity contribution in [2.24, 2.45) is 5.92 Å². The maximum absolute atomic E-state index is 13.6. The molecule has 0 radical (unpaired) electrons. The largest absolute Gasteiger partial charge is 0.280 e. The average molecular weight is 493 g/mol. The van der Waals surface area contributed by atoms with E-state index in [2.05, 4.69) is 18.7 Å². The van der Waals surface area contributed by atoms with Gasteiger partial charge in [-0.05, 0) is 73.1 Å². The van der Waals surface area contributed by atoms with Crippen molar-refractivity contribution in [3.63, 3.8) is 0 Å². The van der Waals surface area contributed by atoms with Crippen molar-refractivity contribution in [2.75, 3.05) is 18.1 Å². The zero-order chi connectivity index (χ0) is 23.8. The molecule has 0 unspecified atom stereocenters. The molecule has 1 aliphatic rings. The number of aromatic nitrogens is 3. The van der Waals surface area contributed by atoms with Crippen molar-refractivity contribution in [1.82, 2.24) is 19.2 Å². The summed E-state index contributed by atoms with van der Waals surface area (Å²) in [6.07, 6.45) is 0.575. The standard InChI is InChI=1S/C23H26F2N4O2S2/c1-16(2)13-27(21-11-12-33(30,31)14-21)15-28-23(32)29(20-9-7-19(25)8-10-20)22(26-28)17-3-5-18(24)6-4-17/h3-10,16,21H,11-15H2,1-2H3/t21-/m0/s1. The molecule has 0 aliphatic carbocycles. The molecule has 0 bridgehead atoms. The van der Waals surface area contributed by atoms with E-state index in [1.165, 1.54) is 24.3 Å². The third-order valence-electron chi connectivity index (χ3n) is 5.67. The topological polar surface area (TPSA) is 60.1 Å². The zero-order valence-electron chi connectivity index (χ0n) is 18.5. The van der Waals surface area contributed by atoms with E-state index in [1.807, 2.05) is 0 Å². The number of hydrogen-bond acceptors (Lipinski definition) is 5. The van der Waals surface area contributed by atoms with Gasteiger partial charge in [0.25, 0.3) is 0 Å². The van der Waals surface area contributed by atoms with Gasteiger partial charge in [0.1, 0.15) is 11.6 Å². The van der Waals surface area contributed by atoms with E-state index in [0.29, 0.717) is 47.4 Å². The van der Waals surface area contributed by atoms with Crippen LogP contribution in [0.1, 0.15) is 20.3 Å². The summed E-state index contributed by atoms with van der Waals surface area (Å²) >= 11 is 5.76. The second kappa shape index (κ2) is 9.44. The van der Waals surface area contributed by atoms with Crippen molar-refractivity contribution in [3.8, 4) is 17.1 Å². The van der Waals surface area contributed by atoms with Gasteiger partial charge in [-0.2, -0.15) is 0 Å². The third kappa shape index (κ3) is 5.39. The summed E-state index contributed by atoms with van der Waals surface area (Å²) < 4.78 is 55.0. The predicted molar refractivity (Wildman–Crippen MR) is 126 cm³/mol. The van der Waals surface area contributed by atoms with Crippen LogP contribution in [-0.4, -0.2) is 51.8 Å². The van der Waals surface area contributed by atoms with Gasteiger partial charge in [0.05, 0.1) is 23.9 Å². The van der Waals surface area contributed by atoms with Crippen LogP contribution >= 0.6 is 12.2 Å². The molecular formula is C23H26F2N4O2S2. The average Bonchev–Trinajstić information content (AvgIpc) is 3.28. The minimum absolute atomic E-state index is 0.107. The van der Waals surface area contributed by atoms with Gasteiger partial charge in [-0.15, -0.1) is 5.10 Å². The second-order valence-electron chi connectivity index (χ2n) is 8.79. The van der Waals surface area contributed by atoms with Crippen molar-refractivity contribution in [2.45, 2.75) is 33.0 Å². The summed E-state index contributed by atoms with van der Waals surface area (Å²) in [6.45, 7) is 5.17. The summed E-state index contributed by atoms with van der Waals surface area (Å²) in [4.78, 5) is 2.11. The molecule has 1 aromatic heterocycles. The van der Waals surface area contributed by atoms with Crippen LogP contribution in [0.2, 0.25) is 0 Å². The van der Waals surface area contributed by atoms with E-state index < -0.39 is 9.84 Å². The number of benzene rings is 2. The van der Waals surface area contributed by atoms with E-state index in [0.717, 1.165) is 0 Å². The van der Waals surface area contributed by atoms with Crippen LogP contribution in [0.5, 0.6) is 0 Å². The quantitative estimate of drug-likeness (QED) is 0.456. The molecule has 1 aliphatic heterocycles. The Hall–Kier alpha value is -2.43. The van der Waals surface area contributed by atoms with Crippen LogP contribution in [0, 0.1) is 22.3 Å². The lowest BCUT2D eigenvalue weighted by Gasteiger charge is -2.29. The van der Waals surface area contributed by atoms with Gasteiger partial charge >= 0.3 is 0 Å². The smallest absolute Gasteiger partial charge is 0.204 e. The number of halogens is 2. The number of nitrogens with zero attached hydrogens (tertiary/aromatic N) is 4. The summed E-state index contributed by atoms with van der Waals surface area (Å²) in [7, 11) is -3.05. The van der Waals surface area contributed by atoms with E-state index in [1.54, 1.807) is 33.5 Å². The van der Waals surface area contributed by atoms with Gasteiger partial charge in [0.2, 0.25) is 4.77 Å². The first kappa shape index (κ1) is 23.7. The summed E-state index contributed by atoms with van der Waals surface area (Å²) in [6, 6.07) is 11.7. The fourth-order valence-electron chi connectivity index (χ4n) is 4.14. The molecule has 1 saturated heterocycles. The first-order valence-corrected chi connectivity index (χ1v) is 13.0. The molecule has 6 nitrogen and oxygen atoms in total. The number of rotatable bonds is 7. The van der Waals surface area contributed by atoms with E-state index >= 15 is 0 Å². The minimum atomic E-state index is -3.05. The molecule has 176 valence electrons. The molecular weight excluding hydrogens is 466 g/mol. The van der Waals surface area contributed by atoms with Gasteiger partial charge in [0.15, 0.2) is 15.7 Å². The normalized spacial score (nSPS) is 17.8. The van der Waals surface area contributed by atoms with Gasteiger partial charge in [-0.3, -0.25) is 9.47 Å². The van der Waals surface area contributed by atoms with Crippen molar-refractivity contribution >= 4 is 22.1 Å². The Balaban J connectivity index is 1.77. The first-order valence-electron chi connectivity index (χ1n) is 10.8. The second-order valence-corrected chi connectivity index (χ2v) is 11.4. The van der Waals surface area contributed by atoms with Crippen LogP contribution in [0.15, 0.2) is 48.5 Å². The van der Waals surface area contributed by atoms with Crippen LogP contribution in [0.25, 0.3) is 17.1 Å². The Kier molecular flexibility index (Phi) is 6.78. The predicted octanol–water partition coefficient (Wildman–Crippen LogP) is 4.45. The first-order chi connectivity index (χ1) is 15.6. The summed E-state index contributed by atoms with van der Waals surface area (Å²) in [5.41, 5.74) is 1.29. The molecule has 1 fully saturated rings. The fourth-order valence-corrected chi connectivity index (χ4v) is 6.19. The molecule has 0 N–H and O–H groups in total. The van der Waals surface area contributed by atoms with Crippen molar-refractivity contribution in [3.05, 3.63) is 64.9 Å². The lowest BCUT2D eigenvalue weighted by Crippen LogP contribution is -2.40. The molecule has 1 atom stereocenters. The fraction of sp³-hybridized carbons (Fsp3) is 0.391. The van der Waals surface area contributed by atoms with Gasteiger partial charge in [-0.1, -0.05) is 13.8 Å². The molecule has 2 aromatic carbocycles. The van der Waals surface area contributed by atoms with Crippen LogP contribution in [-0.2, 0) is 16.5 Å². The number of sulfone groups is 1. The Labute approximate surface area is 197 Å². The highest BCUT2D eigenvalue weighted by Crippen LogP contribution is 2.25. The lowest BCUT2D eigenvalue weighted by molar-refractivity contribution is 0.137. The van der Waals surface area contributed by atoms with Crippen LogP contribution < -0.4 is 0 Å². The van der Waals surface area contributed by atoms with Crippen LogP contribution in [0.3, 0.4) is 0 Å². The molecule has 2 heterocycles. The SMILES string of the molecule is CC(C)CN(Cn1nc(-c2ccc(F)cc2)n(-c2ccc(F)cc2)c1=S)[C@H]1CCS(=O)(=O)C1. The minimum Gasteiger partial charge on any atom is -0.280 e. The Morgan fingerprint density at radius 2 is 1.70 bits per heavy atom. The van der Waals surface area contributed by atoms with Crippen molar-refractivity contribution in [1.29, 1.82) is 0 Å². The summed E-state index contributed by atoms with van der Waals surface area (Å²) in [5.74, 6) is 0.384. The number of hydrogen-bond donors (Lipinski definition) is 0. The molecule has 0 spiro atoms. The zero-order valence-corrected chi connectivity index (χ0v) is 20.1. The maximum Gasteiger partial charge on any atom is 0.204 e. The van der Waals surface area contributed by atoms with Crippen molar-refractivity contribution < 1.29 is 17.2 Å². The van der Waals surface area contributed by atoms with Crippen LogP contribution in [0.4, 0.5) is 8.78 Å². The highest BCUT2D eigenvalue weighted by molar-refractivity contribution is 7.91. The van der Waals surface area contributed by atoms with Gasteiger partial charge < -0.3 is 0 Å². The Morgan fingerprint density at radius 3 is 2.24 bits per heavy atom. The van der Waals surface area contributed by atoms with E-state index in [-0.39, 0.29) is 29.2 Å². The molecule has 0 saturated carbocycles. The molecule has 0 amide bonds. The maximum atomic E-state index is 13.6.